The second kappa shape index (κ2) is 9.87. The highest BCUT2D eigenvalue weighted by molar-refractivity contribution is 5.98. The Balaban J connectivity index is 1.97. The normalized spacial score (nSPS) is 14.6. The van der Waals surface area contributed by atoms with E-state index in [0.29, 0.717) is 12.2 Å². The number of anilines is 1. The molecule has 1 aliphatic carbocycles. The Morgan fingerprint density at radius 1 is 1.32 bits per heavy atom. The fraction of sp³-hybridized carbons (Fsp3) is 0.500. The van der Waals surface area contributed by atoms with Gasteiger partial charge in [0, 0.05) is 32.8 Å². The minimum absolute atomic E-state index is 0.0474. The Hall–Kier alpha value is -2.90. The maximum atomic E-state index is 12.5. The molecule has 0 radical (unpaired) electrons. The fourth-order valence-corrected chi connectivity index (χ4v) is 3.09. The summed E-state index contributed by atoms with van der Waals surface area (Å²) >= 11 is 0. The van der Waals surface area contributed by atoms with Gasteiger partial charge in [0.05, 0.1) is 16.2 Å². The molecule has 152 valence electrons. The molecule has 0 saturated heterocycles. The van der Waals surface area contributed by atoms with Gasteiger partial charge in [0.15, 0.2) is 6.10 Å². The summed E-state index contributed by atoms with van der Waals surface area (Å²) in [5.41, 5.74) is 1.66. The molecule has 0 spiro atoms. The largest absolute Gasteiger partial charge is 0.449 e. The van der Waals surface area contributed by atoms with Gasteiger partial charge in [-0.1, -0.05) is 11.6 Å². The molecule has 8 heteroatoms. The van der Waals surface area contributed by atoms with E-state index in [-0.39, 0.29) is 17.2 Å². The summed E-state index contributed by atoms with van der Waals surface area (Å²) in [6.45, 7) is 1.98. The van der Waals surface area contributed by atoms with Gasteiger partial charge in [0.2, 0.25) is 0 Å². The number of carbonyl (C=O) groups is 2. The lowest BCUT2D eigenvalue weighted by Crippen LogP contribution is -2.36. The lowest BCUT2D eigenvalue weighted by Gasteiger charge is -2.19. The average molecular weight is 389 g/mol. The van der Waals surface area contributed by atoms with Gasteiger partial charge in [-0.2, -0.15) is 0 Å². The molecule has 1 aromatic rings. The molecule has 0 aromatic heterocycles. The van der Waals surface area contributed by atoms with Crippen molar-refractivity contribution in [3.8, 4) is 0 Å². The number of carbonyl (C=O) groups excluding carboxylic acids is 2. The number of benzene rings is 1. The second-order valence-corrected chi connectivity index (χ2v) is 7.05. The van der Waals surface area contributed by atoms with E-state index < -0.39 is 17.0 Å². The molecular weight excluding hydrogens is 362 g/mol. The van der Waals surface area contributed by atoms with E-state index in [9.17, 15) is 19.7 Å². The molecule has 0 heterocycles. The summed E-state index contributed by atoms with van der Waals surface area (Å²) in [6, 6.07) is 3.97. The first-order valence-electron chi connectivity index (χ1n) is 9.42. The minimum Gasteiger partial charge on any atom is -0.449 e. The molecule has 1 amide bonds. The van der Waals surface area contributed by atoms with E-state index in [0.717, 1.165) is 25.3 Å². The molecule has 1 N–H and O–H groups in total. The van der Waals surface area contributed by atoms with E-state index >= 15 is 0 Å². The van der Waals surface area contributed by atoms with Crippen LogP contribution >= 0.6 is 0 Å². The lowest BCUT2D eigenvalue weighted by atomic mass is 9.97. The second-order valence-electron chi connectivity index (χ2n) is 7.05. The van der Waals surface area contributed by atoms with E-state index in [4.69, 9.17) is 4.74 Å². The van der Waals surface area contributed by atoms with Crippen molar-refractivity contribution < 1.29 is 19.2 Å². The van der Waals surface area contributed by atoms with Gasteiger partial charge in [-0.15, -0.1) is 0 Å². The molecule has 0 fully saturated rings. The van der Waals surface area contributed by atoms with Crippen molar-refractivity contribution in [3.63, 3.8) is 0 Å². The van der Waals surface area contributed by atoms with Crippen LogP contribution in [0.4, 0.5) is 11.4 Å². The Kier molecular flexibility index (Phi) is 7.54. The van der Waals surface area contributed by atoms with E-state index in [1.54, 1.807) is 19.0 Å². The van der Waals surface area contributed by atoms with Crippen LogP contribution in [0.15, 0.2) is 29.8 Å². The van der Waals surface area contributed by atoms with Crippen molar-refractivity contribution >= 4 is 23.3 Å². The lowest BCUT2D eigenvalue weighted by molar-refractivity contribution is -0.384. The van der Waals surface area contributed by atoms with Crippen LogP contribution in [0, 0.1) is 10.1 Å². The highest BCUT2D eigenvalue weighted by atomic mass is 16.6. The molecule has 1 aromatic carbocycles. The Morgan fingerprint density at radius 3 is 2.68 bits per heavy atom. The Morgan fingerprint density at radius 2 is 2.07 bits per heavy atom. The fourth-order valence-electron chi connectivity index (χ4n) is 3.09. The van der Waals surface area contributed by atoms with Crippen molar-refractivity contribution in [3.05, 3.63) is 45.5 Å². The maximum Gasteiger partial charge on any atom is 0.341 e. The molecule has 0 unspecified atom stereocenters. The van der Waals surface area contributed by atoms with E-state index in [1.807, 2.05) is 0 Å². The summed E-state index contributed by atoms with van der Waals surface area (Å²) in [4.78, 5) is 36.8. The van der Waals surface area contributed by atoms with Crippen LogP contribution in [0.5, 0.6) is 0 Å². The van der Waals surface area contributed by atoms with Crippen molar-refractivity contribution in [1.82, 2.24) is 5.32 Å². The van der Waals surface area contributed by atoms with E-state index in [1.165, 1.54) is 37.5 Å². The van der Waals surface area contributed by atoms with Crippen molar-refractivity contribution in [2.45, 2.75) is 45.1 Å². The molecule has 0 saturated carbocycles. The zero-order valence-electron chi connectivity index (χ0n) is 16.6. The van der Waals surface area contributed by atoms with Crippen LogP contribution in [0.25, 0.3) is 0 Å². The van der Waals surface area contributed by atoms with Gasteiger partial charge < -0.3 is 15.0 Å². The molecule has 2 rings (SSSR count). The van der Waals surface area contributed by atoms with Gasteiger partial charge >= 0.3 is 5.97 Å². The minimum atomic E-state index is -0.998. The van der Waals surface area contributed by atoms with Crippen LogP contribution in [0.2, 0.25) is 0 Å². The van der Waals surface area contributed by atoms with Crippen molar-refractivity contribution in [2.75, 3.05) is 25.5 Å². The number of hydrogen-bond donors (Lipinski definition) is 1. The Labute approximate surface area is 164 Å². The van der Waals surface area contributed by atoms with Crippen molar-refractivity contribution in [1.29, 1.82) is 0 Å². The first kappa shape index (κ1) is 21.4. The number of nitrogens with one attached hydrogen (secondary N) is 1. The summed E-state index contributed by atoms with van der Waals surface area (Å²) in [5, 5.41) is 13.8. The van der Waals surface area contributed by atoms with Crippen LogP contribution < -0.4 is 10.2 Å². The van der Waals surface area contributed by atoms with Crippen LogP contribution in [0.3, 0.4) is 0 Å². The molecule has 1 aliphatic rings. The molecule has 1 atom stereocenters. The summed E-state index contributed by atoms with van der Waals surface area (Å²) in [7, 11) is 3.43. The third-order valence-electron chi connectivity index (χ3n) is 4.68. The number of esters is 1. The molecule has 0 aliphatic heterocycles. The molecular formula is C20H27N3O5. The van der Waals surface area contributed by atoms with Gasteiger partial charge in [0.25, 0.3) is 11.6 Å². The standard InChI is InChI=1S/C20H27N3O5/c1-14(19(24)21-12-11-15-7-5-4-6-8-15)28-20(25)17-13-16(23(26)27)9-10-18(17)22(2)3/h7,9-10,13-14H,4-6,8,11-12H2,1-3H3,(H,21,24)/t14-/m0/s1. The first-order chi connectivity index (χ1) is 13.3. The number of nitro groups is 1. The van der Waals surface area contributed by atoms with Gasteiger partial charge in [-0.3, -0.25) is 14.9 Å². The van der Waals surface area contributed by atoms with Crippen LogP contribution in [-0.2, 0) is 9.53 Å². The van der Waals surface area contributed by atoms with Crippen molar-refractivity contribution in [2.24, 2.45) is 0 Å². The number of hydrogen-bond acceptors (Lipinski definition) is 6. The summed E-state index contributed by atoms with van der Waals surface area (Å²) in [5.74, 6) is -1.16. The quantitative estimate of drug-likeness (QED) is 0.317. The van der Waals surface area contributed by atoms with Gasteiger partial charge in [-0.05, 0) is 45.1 Å². The number of non-ortho nitro benzene ring substituents is 1. The van der Waals surface area contributed by atoms with Gasteiger partial charge in [-0.25, -0.2) is 4.79 Å². The predicted octanol–water partition coefficient (Wildman–Crippen LogP) is 3.21. The monoisotopic (exact) mass is 389 g/mol. The SMILES string of the molecule is C[C@H](OC(=O)c1cc([N+](=O)[O-])ccc1N(C)C)C(=O)NCCC1=CCCCC1. The number of allylic oxidation sites excluding steroid dienone is 1. The molecule has 28 heavy (non-hydrogen) atoms. The number of ether oxygens (including phenoxy) is 1. The van der Waals surface area contributed by atoms with Crippen LogP contribution in [-0.4, -0.2) is 43.5 Å². The molecule has 8 nitrogen and oxygen atoms in total. The maximum absolute atomic E-state index is 12.5. The van der Waals surface area contributed by atoms with Crippen LogP contribution in [0.1, 0.15) is 49.4 Å². The third kappa shape index (κ3) is 5.80. The predicted molar refractivity (Wildman–Crippen MR) is 106 cm³/mol. The average Bonchev–Trinajstić information content (AvgIpc) is 2.67. The summed E-state index contributed by atoms with van der Waals surface area (Å²) < 4.78 is 5.25. The highest BCUT2D eigenvalue weighted by Gasteiger charge is 2.23. The molecule has 0 bridgehead atoms. The highest BCUT2D eigenvalue weighted by Crippen LogP contribution is 2.25. The number of amides is 1. The number of rotatable bonds is 8. The summed E-state index contributed by atoms with van der Waals surface area (Å²) in [6.07, 6.45) is 6.59. The van der Waals surface area contributed by atoms with Gasteiger partial charge in [0.1, 0.15) is 0 Å². The smallest absolute Gasteiger partial charge is 0.341 e. The Bertz CT molecular complexity index is 773. The topological polar surface area (TPSA) is 102 Å². The van der Waals surface area contributed by atoms with E-state index in [2.05, 4.69) is 11.4 Å². The zero-order chi connectivity index (χ0) is 20.7. The third-order valence-corrected chi connectivity index (χ3v) is 4.68. The first-order valence-corrected chi connectivity index (χ1v) is 9.42. The number of nitrogens with zero attached hydrogens (tertiary/aromatic N) is 2. The number of nitro benzene ring substituents is 1. The zero-order valence-corrected chi connectivity index (χ0v) is 16.6.